The molecule has 4 heteroatoms. The molecule has 3 N–H and O–H groups in total. The quantitative estimate of drug-likeness (QED) is 0.708. The molecule has 0 aromatic heterocycles. The van der Waals surface area contributed by atoms with Gasteiger partial charge in [0, 0.05) is 30.1 Å². The van der Waals surface area contributed by atoms with Crippen LogP contribution in [0.4, 0.5) is 5.69 Å². The van der Waals surface area contributed by atoms with Crippen molar-refractivity contribution in [1.29, 1.82) is 0 Å². The lowest BCUT2D eigenvalue weighted by atomic mass is 10.1. The van der Waals surface area contributed by atoms with E-state index in [-0.39, 0.29) is 0 Å². The van der Waals surface area contributed by atoms with Crippen molar-refractivity contribution < 1.29 is 4.90 Å². The highest BCUT2D eigenvalue weighted by Gasteiger charge is 2.30. The zero-order chi connectivity index (χ0) is 18.5. The lowest BCUT2D eigenvalue weighted by molar-refractivity contribution is -0.919. The van der Waals surface area contributed by atoms with Crippen LogP contribution >= 0.6 is 12.2 Å². The number of hydrogen-bond donors (Lipinski definition) is 3. The molecule has 0 saturated carbocycles. The van der Waals surface area contributed by atoms with Crippen molar-refractivity contribution in [2.45, 2.75) is 33.2 Å². The van der Waals surface area contributed by atoms with Crippen molar-refractivity contribution in [3.8, 4) is 0 Å². The molecule has 26 heavy (non-hydrogen) atoms. The van der Waals surface area contributed by atoms with Crippen molar-refractivity contribution >= 4 is 23.0 Å². The summed E-state index contributed by atoms with van der Waals surface area (Å²) in [5, 5.41) is 7.46. The maximum atomic E-state index is 5.49. The second-order valence-electron chi connectivity index (χ2n) is 7.61. The Morgan fingerprint density at radius 1 is 1.15 bits per heavy atom. The summed E-state index contributed by atoms with van der Waals surface area (Å²) >= 11 is 5.49. The van der Waals surface area contributed by atoms with Gasteiger partial charge in [-0.3, -0.25) is 0 Å². The van der Waals surface area contributed by atoms with Gasteiger partial charge in [0.25, 0.3) is 0 Å². The minimum Gasteiger partial charge on any atom is -0.362 e. The van der Waals surface area contributed by atoms with Crippen LogP contribution in [0.25, 0.3) is 0 Å². The number of hydrogen-bond acceptors (Lipinski definition) is 1. The van der Waals surface area contributed by atoms with E-state index in [1.807, 2.05) is 0 Å². The molecule has 0 spiro atoms. The van der Waals surface area contributed by atoms with Crippen LogP contribution in [0.2, 0.25) is 0 Å². The predicted octanol–water partition coefficient (Wildman–Crippen LogP) is 3.26. The maximum absolute atomic E-state index is 5.49. The van der Waals surface area contributed by atoms with Gasteiger partial charge in [-0.15, -0.1) is 0 Å². The van der Waals surface area contributed by atoms with Crippen molar-refractivity contribution in [3.05, 3.63) is 65.2 Å². The fourth-order valence-corrected chi connectivity index (χ4v) is 4.17. The van der Waals surface area contributed by atoms with Crippen LogP contribution in [-0.4, -0.2) is 24.7 Å². The van der Waals surface area contributed by atoms with Crippen LogP contribution in [0.1, 0.15) is 36.1 Å². The van der Waals surface area contributed by atoms with Gasteiger partial charge in [0.15, 0.2) is 5.11 Å². The first kappa shape index (κ1) is 18.9. The summed E-state index contributed by atoms with van der Waals surface area (Å²) in [6.45, 7) is 9.94. The molecular formula is C22H30N3S+. The monoisotopic (exact) mass is 368 g/mol. The molecule has 2 aromatic carbocycles. The molecule has 0 bridgehead atoms. The van der Waals surface area contributed by atoms with Gasteiger partial charge in [-0.2, -0.15) is 0 Å². The van der Waals surface area contributed by atoms with E-state index in [0.29, 0.717) is 12.0 Å². The molecule has 3 atom stereocenters. The van der Waals surface area contributed by atoms with Gasteiger partial charge in [-0.1, -0.05) is 36.4 Å². The second-order valence-corrected chi connectivity index (χ2v) is 8.02. The molecule has 2 aromatic rings. The highest BCUT2D eigenvalue weighted by molar-refractivity contribution is 7.80. The van der Waals surface area contributed by atoms with Crippen molar-refractivity contribution in [1.82, 2.24) is 5.32 Å². The standard InChI is InChI=1S/C22H29N3S/c1-16-11-17(2)13-21(12-16)24-22(26)23-14-19-9-10-25(15-19)18(3)20-7-5-4-6-8-20/h4-8,11-13,18-19H,9-10,14-15H2,1-3H3,(H2,23,24,26)/p+1. The molecule has 1 heterocycles. The molecule has 1 aliphatic heterocycles. The van der Waals surface area contributed by atoms with Crippen molar-refractivity contribution in [2.75, 3.05) is 25.0 Å². The average Bonchev–Trinajstić information content (AvgIpc) is 3.08. The van der Waals surface area contributed by atoms with E-state index in [0.717, 1.165) is 17.3 Å². The van der Waals surface area contributed by atoms with Gasteiger partial charge in [-0.25, -0.2) is 0 Å². The summed E-state index contributed by atoms with van der Waals surface area (Å²) in [5.74, 6) is 0.676. The summed E-state index contributed by atoms with van der Waals surface area (Å²) in [4.78, 5) is 1.68. The Kier molecular flexibility index (Phi) is 6.28. The average molecular weight is 369 g/mol. The topological polar surface area (TPSA) is 28.5 Å². The Hall–Kier alpha value is -1.91. The molecule has 138 valence electrons. The van der Waals surface area contributed by atoms with E-state index >= 15 is 0 Å². The summed E-state index contributed by atoms with van der Waals surface area (Å²) in [6.07, 6.45) is 1.26. The Bertz CT molecular complexity index is 724. The minimum atomic E-state index is 0.557. The first-order valence-corrected chi connectivity index (χ1v) is 9.95. The van der Waals surface area contributed by atoms with E-state index in [2.05, 4.69) is 79.9 Å². The van der Waals surface area contributed by atoms with Crippen LogP contribution in [0.15, 0.2) is 48.5 Å². The zero-order valence-corrected chi connectivity index (χ0v) is 16.8. The summed E-state index contributed by atoms with van der Waals surface area (Å²) in [5.41, 5.74) is 5.00. The number of quaternary nitrogens is 1. The Morgan fingerprint density at radius 2 is 1.85 bits per heavy atom. The van der Waals surface area contributed by atoms with E-state index in [1.165, 1.54) is 36.2 Å². The third kappa shape index (κ3) is 5.05. The summed E-state index contributed by atoms with van der Waals surface area (Å²) in [6, 6.07) is 17.8. The molecule has 3 unspecified atom stereocenters. The zero-order valence-electron chi connectivity index (χ0n) is 16.0. The number of thiocarbonyl (C=S) groups is 1. The van der Waals surface area contributed by atoms with Crippen molar-refractivity contribution in [2.24, 2.45) is 5.92 Å². The fraction of sp³-hybridized carbons (Fsp3) is 0.409. The number of benzene rings is 2. The summed E-state index contributed by atoms with van der Waals surface area (Å²) < 4.78 is 0. The smallest absolute Gasteiger partial charge is 0.170 e. The molecule has 1 aliphatic rings. The minimum absolute atomic E-state index is 0.557. The van der Waals surface area contributed by atoms with E-state index in [9.17, 15) is 0 Å². The number of nitrogens with one attached hydrogen (secondary N) is 3. The van der Waals surface area contributed by atoms with Crippen LogP contribution in [0.5, 0.6) is 0 Å². The van der Waals surface area contributed by atoms with Gasteiger partial charge >= 0.3 is 0 Å². The van der Waals surface area contributed by atoms with Gasteiger partial charge in [0.2, 0.25) is 0 Å². The molecule has 0 radical (unpaired) electrons. The first-order chi connectivity index (χ1) is 12.5. The van der Waals surface area contributed by atoms with E-state index in [1.54, 1.807) is 4.90 Å². The van der Waals surface area contributed by atoms with Gasteiger partial charge in [0.05, 0.1) is 13.1 Å². The van der Waals surface area contributed by atoms with Crippen LogP contribution in [0, 0.1) is 19.8 Å². The van der Waals surface area contributed by atoms with E-state index in [4.69, 9.17) is 12.2 Å². The first-order valence-electron chi connectivity index (χ1n) is 9.54. The van der Waals surface area contributed by atoms with Crippen LogP contribution in [-0.2, 0) is 0 Å². The maximum Gasteiger partial charge on any atom is 0.170 e. The lowest BCUT2D eigenvalue weighted by Gasteiger charge is -2.22. The molecule has 1 fully saturated rings. The number of aryl methyl sites for hydroxylation is 2. The lowest BCUT2D eigenvalue weighted by Crippen LogP contribution is -3.10. The van der Waals surface area contributed by atoms with Gasteiger partial charge in [0.1, 0.15) is 6.04 Å². The van der Waals surface area contributed by atoms with Crippen molar-refractivity contribution in [3.63, 3.8) is 0 Å². The molecule has 3 nitrogen and oxygen atoms in total. The highest BCUT2D eigenvalue weighted by Crippen LogP contribution is 2.14. The van der Waals surface area contributed by atoms with Crippen LogP contribution in [0.3, 0.4) is 0 Å². The second kappa shape index (κ2) is 8.65. The number of rotatable bonds is 5. The third-order valence-corrected chi connectivity index (χ3v) is 5.61. The SMILES string of the molecule is Cc1cc(C)cc(NC(=S)NCC2CC[NH+](C(C)c3ccccc3)C2)c1. The summed E-state index contributed by atoms with van der Waals surface area (Å²) in [7, 11) is 0. The molecule has 3 rings (SSSR count). The Labute approximate surface area is 162 Å². The Morgan fingerprint density at radius 3 is 2.54 bits per heavy atom. The molecular weight excluding hydrogens is 338 g/mol. The molecule has 0 amide bonds. The van der Waals surface area contributed by atoms with E-state index < -0.39 is 0 Å². The van der Waals surface area contributed by atoms with Gasteiger partial charge < -0.3 is 15.5 Å². The Balaban J connectivity index is 1.46. The number of anilines is 1. The predicted molar refractivity (Wildman–Crippen MR) is 114 cm³/mol. The molecule has 0 aliphatic carbocycles. The number of likely N-dealkylation sites (tertiary alicyclic amines) is 1. The fourth-order valence-electron chi connectivity index (χ4n) is 3.97. The normalized spacial score (nSPS) is 20.6. The van der Waals surface area contributed by atoms with Gasteiger partial charge in [-0.05, 0) is 56.2 Å². The highest BCUT2D eigenvalue weighted by atomic mass is 32.1. The molecule has 1 saturated heterocycles. The largest absolute Gasteiger partial charge is 0.362 e. The third-order valence-electron chi connectivity index (χ3n) is 5.37. The van der Waals surface area contributed by atoms with Crippen LogP contribution < -0.4 is 15.5 Å².